The molecule has 0 aliphatic heterocycles. The Morgan fingerprint density at radius 2 is 1.91 bits per heavy atom. The average Bonchev–Trinajstić information content (AvgIpc) is 2.54. The van der Waals surface area contributed by atoms with Crippen molar-refractivity contribution < 1.29 is 14.3 Å². The highest BCUT2D eigenvalue weighted by atomic mass is 35.5. The fraction of sp³-hybridized carbons (Fsp3) is 0.235. The third-order valence-electron chi connectivity index (χ3n) is 3.10. The maximum atomic E-state index is 12.0. The van der Waals surface area contributed by atoms with E-state index in [9.17, 15) is 4.79 Å². The molecule has 5 heteroatoms. The minimum atomic E-state index is -0.591. The molecule has 0 aromatic heterocycles. The summed E-state index contributed by atoms with van der Waals surface area (Å²) in [6, 6.07) is 14.4. The first-order chi connectivity index (χ1) is 10.6. The Bertz CT molecular complexity index is 628. The first-order valence-electron chi connectivity index (χ1n) is 6.91. The van der Waals surface area contributed by atoms with Gasteiger partial charge in [0.05, 0.1) is 7.11 Å². The lowest BCUT2D eigenvalue weighted by Gasteiger charge is -2.15. The van der Waals surface area contributed by atoms with E-state index in [-0.39, 0.29) is 5.91 Å². The number of methoxy groups -OCH3 is 1. The Kier molecular flexibility index (Phi) is 5.67. The number of rotatable bonds is 6. The van der Waals surface area contributed by atoms with E-state index >= 15 is 0 Å². The predicted molar refractivity (Wildman–Crippen MR) is 86.4 cm³/mol. The number of ether oxygens (including phenoxy) is 2. The van der Waals surface area contributed by atoms with Crippen LogP contribution in [0.4, 0.5) is 0 Å². The predicted octanol–water partition coefficient (Wildman–Crippen LogP) is 3.43. The van der Waals surface area contributed by atoms with E-state index < -0.39 is 6.10 Å². The lowest BCUT2D eigenvalue weighted by molar-refractivity contribution is -0.127. The largest absolute Gasteiger partial charge is 0.497 e. The van der Waals surface area contributed by atoms with E-state index in [1.54, 1.807) is 38.3 Å². The third-order valence-corrected chi connectivity index (χ3v) is 3.35. The maximum Gasteiger partial charge on any atom is 0.261 e. The first-order valence-corrected chi connectivity index (χ1v) is 7.29. The third kappa shape index (κ3) is 4.67. The van der Waals surface area contributed by atoms with Crippen molar-refractivity contribution in [1.82, 2.24) is 5.32 Å². The summed E-state index contributed by atoms with van der Waals surface area (Å²) >= 11 is 5.81. The fourth-order valence-electron chi connectivity index (χ4n) is 1.89. The second-order valence-corrected chi connectivity index (χ2v) is 5.22. The molecule has 0 fully saturated rings. The van der Waals surface area contributed by atoms with Crippen molar-refractivity contribution >= 4 is 17.5 Å². The number of carbonyl (C=O) groups is 1. The van der Waals surface area contributed by atoms with Crippen molar-refractivity contribution in [3.05, 3.63) is 59.1 Å². The van der Waals surface area contributed by atoms with Crippen LogP contribution in [0.3, 0.4) is 0 Å². The van der Waals surface area contributed by atoms with Crippen LogP contribution in [0.2, 0.25) is 5.02 Å². The van der Waals surface area contributed by atoms with Gasteiger partial charge in [0.1, 0.15) is 11.5 Å². The SMILES string of the molecule is COc1cccc(CNC(=O)C(C)Oc2ccc(Cl)cc2)c1. The van der Waals surface area contributed by atoms with Gasteiger partial charge in [0.2, 0.25) is 0 Å². The minimum Gasteiger partial charge on any atom is -0.497 e. The van der Waals surface area contributed by atoms with Crippen molar-refractivity contribution in [3.63, 3.8) is 0 Å². The molecule has 1 unspecified atom stereocenters. The van der Waals surface area contributed by atoms with Gasteiger partial charge in [-0.05, 0) is 48.9 Å². The number of halogens is 1. The van der Waals surface area contributed by atoms with Crippen LogP contribution in [-0.2, 0) is 11.3 Å². The molecule has 2 aromatic rings. The Morgan fingerprint density at radius 1 is 1.18 bits per heavy atom. The van der Waals surface area contributed by atoms with Crippen molar-refractivity contribution in [2.45, 2.75) is 19.6 Å². The van der Waals surface area contributed by atoms with Crippen molar-refractivity contribution in [1.29, 1.82) is 0 Å². The smallest absolute Gasteiger partial charge is 0.261 e. The van der Waals surface area contributed by atoms with Gasteiger partial charge in [0.25, 0.3) is 5.91 Å². The summed E-state index contributed by atoms with van der Waals surface area (Å²) in [7, 11) is 1.61. The normalized spacial score (nSPS) is 11.6. The maximum absolute atomic E-state index is 12.0. The molecule has 0 heterocycles. The molecule has 0 radical (unpaired) electrons. The zero-order valence-electron chi connectivity index (χ0n) is 12.5. The minimum absolute atomic E-state index is 0.183. The topological polar surface area (TPSA) is 47.6 Å². The molecule has 1 atom stereocenters. The molecule has 22 heavy (non-hydrogen) atoms. The van der Waals surface area contributed by atoms with Gasteiger partial charge >= 0.3 is 0 Å². The Hall–Kier alpha value is -2.20. The van der Waals surface area contributed by atoms with Gasteiger partial charge in [-0.1, -0.05) is 23.7 Å². The van der Waals surface area contributed by atoms with Gasteiger partial charge in [-0.15, -0.1) is 0 Å². The molecule has 0 bridgehead atoms. The molecule has 0 saturated carbocycles. The Balaban J connectivity index is 1.86. The number of benzene rings is 2. The summed E-state index contributed by atoms with van der Waals surface area (Å²) < 4.78 is 10.7. The second-order valence-electron chi connectivity index (χ2n) is 4.78. The van der Waals surface area contributed by atoms with Gasteiger partial charge in [0, 0.05) is 11.6 Å². The molecule has 0 saturated heterocycles. The van der Waals surface area contributed by atoms with E-state index in [0.29, 0.717) is 17.3 Å². The average molecular weight is 320 g/mol. The van der Waals surface area contributed by atoms with Gasteiger partial charge < -0.3 is 14.8 Å². The highest BCUT2D eigenvalue weighted by Gasteiger charge is 2.14. The van der Waals surface area contributed by atoms with Crippen molar-refractivity contribution in [2.24, 2.45) is 0 Å². The molecular weight excluding hydrogens is 302 g/mol. The van der Waals surface area contributed by atoms with Gasteiger partial charge in [-0.2, -0.15) is 0 Å². The highest BCUT2D eigenvalue weighted by molar-refractivity contribution is 6.30. The molecule has 0 aliphatic rings. The quantitative estimate of drug-likeness (QED) is 0.887. The van der Waals surface area contributed by atoms with Gasteiger partial charge in [0.15, 0.2) is 6.10 Å². The summed E-state index contributed by atoms with van der Waals surface area (Å²) in [5.41, 5.74) is 0.964. The second kappa shape index (κ2) is 7.71. The summed E-state index contributed by atoms with van der Waals surface area (Å²) in [4.78, 5) is 12.0. The van der Waals surface area contributed by atoms with Crippen LogP contribution in [-0.4, -0.2) is 19.1 Å². The molecule has 0 aliphatic carbocycles. The van der Waals surface area contributed by atoms with E-state index in [1.165, 1.54) is 0 Å². The molecule has 2 aromatic carbocycles. The van der Waals surface area contributed by atoms with Crippen molar-refractivity contribution in [3.8, 4) is 11.5 Å². The van der Waals surface area contributed by atoms with Crippen LogP contribution in [0.25, 0.3) is 0 Å². The van der Waals surface area contributed by atoms with Crippen LogP contribution in [0.15, 0.2) is 48.5 Å². The molecule has 116 valence electrons. The van der Waals surface area contributed by atoms with Crippen LogP contribution in [0, 0.1) is 0 Å². The zero-order valence-corrected chi connectivity index (χ0v) is 13.3. The highest BCUT2D eigenvalue weighted by Crippen LogP contribution is 2.17. The lowest BCUT2D eigenvalue weighted by atomic mass is 10.2. The van der Waals surface area contributed by atoms with Crippen LogP contribution in [0.5, 0.6) is 11.5 Å². The van der Waals surface area contributed by atoms with Crippen LogP contribution >= 0.6 is 11.6 Å². The summed E-state index contributed by atoms with van der Waals surface area (Å²) in [5, 5.41) is 3.46. The number of carbonyl (C=O) groups excluding carboxylic acids is 1. The number of amides is 1. The molecule has 1 amide bonds. The van der Waals surface area contributed by atoms with Gasteiger partial charge in [-0.25, -0.2) is 0 Å². The van der Waals surface area contributed by atoms with Crippen LogP contribution < -0.4 is 14.8 Å². The number of hydrogen-bond donors (Lipinski definition) is 1. The number of nitrogens with one attached hydrogen (secondary N) is 1. The molecule has 4 nitrogen and oxygen atoms in total. The first kappa shape index (κ1) is 16.2. The lowest BCUT2D eigenvalue weighted by Crippen LogP contribution is -2.35. The molecule has 1 N–H and O–H groups in total. The molecule has 0 spiro atoms. The monoisotopic (exact) mass is 319 g/mol. The summed E-state index contributed by atoms with van der Waals surface area (Å²) in [6.45, 7) is 2.12. The van der Waals surface area contributed by atoms with E-state index in [2.05, 4.69) is 5.32 Å². The van der Waals surface area contributed by atoms with E-state index in [4.69, 9.17) is 21.1 Å². The molecular formula is C17H18ClNO3. The summed E-state index contributed by atoms with van der Waals surface area (Å²) in [5.74, 6) is 1.18. The van der Waals surface area contributed by atoms with E-state index in [1.807, 2.05) is 24.3 Å². The fourth-order valence-corrected chi connectivity index (χ4v) is 2.01. The van der Waals surface area contributed by atoms with E-state index in [0.717, 1.165) is 11.3 Å². The summed E-state index contributed by atoms with van der Waals surface area (Å²) in [6.07, 6.45) is -0.591. The zero-order chi connectivity index (χ0) is 15.9. The Labute approximate surface area is 135 Å². The molecule has 2 rings (SSSR count). The van der Waals surface area contributed by atoms with Gasteiger partial charge in [-0.3, -0.25) is 4.79 Å². The van der Waals surface area contributed by atoms with Crippen molar-refractivity contribution in [2.75, 3.05) is 7.11 Å². The standard InChI is InChI=1S/C17H18ClNO3/c1-12(22-15-8-6-14(18)7-9-15)17(20)19-11-13-4-3-5-16(10-13)21-2/h3-10,12H,11H2,1-2H3,(H,19,20). The van der Waals surface area contributed by atoms with Crippen LogP contribution in [0.1, 0.15) is 12.5 Å². The Morgan fingerprint density at radius 3 is 2.59 bits per heavy atom. The number of hydrogen-bond acceptors (Lipinski definition) is 3.